The van der Waals surface area contributed by atoms with Gasteiger partial charge < -0.3 is 10.3 Å². The van der Waals surface area contributed by atoms with Gasteiger partial charge in [0.25, 0.3) is 0 Å². The minimum absolute atomic E-state index is 0.332. The molecule has 0 aliphatic heterocycles. The molecule has 2 N–H and O–H groups in total. The highest BCUT2D eigenvalue weighted by molar-refractivity contribution is 6.02. The van der Waals surface area contributed by atoms with E-state index in [-0.39, 0.29) is 0 Å². The maximum Gasteiger partial charge on any atom is 0.148 e. The second kappa shape index (κ2) is 6.09. The van der Waals surface area contributed by atoms with Crippen molar-refractivity contribution in [3.05, 3.63) is 47.8 Å². The van der Waals surface area contributed by atoms with Gasteiger partial charge in [0.1, 0.15) is 23.3 Å². The lowest BCUT2D eigenvalue weighted by atomic mass is 10.2. The molecule has 7 nitrogen and oxygen atoms in total. The van der Waals surface area contributed by atoms with E-state index in [2.05, 4.69) is 38.8 Å². The Morgan fingerprint density at radius 3 is 2.69 bits per heavy atom. The van der Waals surface area contributed by atoms with Crippen molar-refractivity contribution >= 4 is 22.6 Å². The number of benzene rings is 1. The quantitative estimate of drug-likeness (QED) is 0.733. The molecular formula is C19H23N7. The van der Waals surface area contributed by atoms with Gasteiger partial charge in [0.05, 0.1) is 11.0 Å². The number of para-hydroxylation sites is 2. The standard InChI is InChI=1S/C19H23N7/c1-11-22-12(2)26(24-11)18(20)10-16(21-3)13-9-14(13)19-23-15-7-5-6-8-17(15)25(19)4/h5-8,10,13-14H,9,20H2,1-4H3/t13-,14-/m1/s1. The second-order valence-corrected chi connectivity index (χ2v) is 6.80. The van der Waals surface area contributed by atoms with Gasteiger partial charge in [-0.05, 0) is 32.4 Å². The van der Waals surface area contributed by atoms with E-state index in [0.717, 1.165) is 34.8 Å². The van der Waals surface area contributed by atoms with Crippen LogP contribution in [0.25, 0.3) is 16.9 Å². The van der Waals surface area contributed by atoms with Gasteiger partial charge in [0, 0.05) is 37.7 Å². The van der Waals surface area contributed by atoms with E-state index < -0.39 is 0 Å². The summed E-state index contributed by atoms with van der Waals surface area (Å²) in [5.41, 5.74) is 9.42. The van der Waals surface area contributed by atoms with Crippen LogP contribution >= 0.6 is 0 Å². The summed E-state index contributed by atoms with van der Waals surface area (Å²) < 4.78 is 3.85. The lowest BCUT2D eigenvalue weighted by molar-refractivity contribution is 0.805. The third-order valence-corrected chi connectivity index (χ3v) is 5.00. The number of rotatable bonds is 4. The molecule has 0 bridgehead atoms. The molecular weight excluding hydrogens is 326 g/mol. The first kappa shape index (κ1) is 16.5. The molecule has 1 saturated carbocycles. The van der Waals surface area contributed by atoms with Gasteiger partial charge in [-0.2, -0.15) is 0 Å². The van der Waals surface area contributed by atoms with E-state index in [1.807, 2.05) is 39.1 Å². The molecule has 0 radical (unpaired) electrons. The fraction of sp³-hybridized carbons (Fsp3) is 0.368. The highest BCUT2D eigenvalue weighted by atomic mass is 15.4. The zero-order valence-electron chi connectivity index (χ0n) is 15.5. The molecule has 2 atom stereocenters. The first-order valence-electron chi connectivity index (χ1n) is 8.75. The predicted octanol–water partition coefficient (Wildman–Crippen LogP) is 2.41. The molecule has 2 heterocycles. The molecule has 1 aliphatic rings. The largest absolute Gasteiger partial charge is 0.384 e. The van der Waals surface area contributed by atoms with Crippen LogP contribution in [0, 0.1) is 19.8 Å². The minimum atomic E-state index is 0.332. The van der Waals surface area contributed by atoms with Crippen LogP contribution in [0.5, 0.6) is 0 Å². The van der Waals surface area contributed by atoms with Crippen LogP contribution in [-0.2, 0) is 7.05 Å². The van der Waals surface area contributed by atoms with Gasteiger partial charge in [-0.15, -0.1) is 5.10 Å². The number of hydrogen-bond donors (Lipinski definition) is 1. The normalized spacial score (nSPS) is 20.8. The minimum Gasteiger partial charge on any atom is -0.384 e. The first-order valence-corrected chi connectivity index (χ1v) is 8.75. The molecule has 1 aromatic carbocycles. The van der Waals surface area contributed by atoms with Crippen LogP contribution in [0.3, 0.4) is 0 Å². The molecule has 2 aromatic heterocycles. The van der Waals surface area contributed by atoms with E-state index in [0.29, 0.717) is 23.5 Å². The van der Waals surface area contributed by atoms with Crippen LogP contribution in [0.15, 0.2) is 35.3 Å². The Morgan fingerprint density at radius 2 is 2.04 bits per heavy atom. The Balaban J connectivity index is 1.60. The van der Waals surface area contributed by atoms with E-state index in [1.165, 1.54) is 0 Å². The number of aromatic nitrogens is 5. The number of fused-ring (bicyclic) bond motifs is 1. The van der Waals surface area contributed by atoms with Crippen molar-refractivity contribution < 1.29 is 0 Å². The van der Waals surface area contributed by atoms with E-state index in [4.69, 9.17) is 10.7 Å². The molecule has 26 heavy (non-hydrogen) atoms. The van der Waals surface area contributed by atoms with Crippen molar-refractivity contribution in [2.45, 2.75) is 26.2 Å². The SMILES string of the molecule is CN=C(C=C(N)n1nc(C)nc1C)[C@@H]1C[C@H]1c1nc2ccccc2n1C. The van der Waals surface area contributed by atoms with Gasteiger partial charge in [-0.25, -0.2) is 14.6 Å². The molecule has 134 valence electrons. The molecule has 0 spiro atoms. The monoisotopic (exact) mass is 349 g/mol. The van der Waals surface area contributed by atoms with Crippen molar-refractivity contribution in [1.29, 1.82) is 0 Å². The molecule has 1 fully saturated rings. The average molecular weight is 349 g/mol. The first-order chi connectivity index (χ1) is 12.5. The predicted molar refractivity (Wildman–Crippen MR) is 103 cm³/mol. The van der Waals surface area contributed by atoms with Crippen LogP contribution in [0.4, 0.5) is 0 Å². The van der Waals surface area contributed by atoms with Crippen LogP contribution in [0.2, 0.25) is 0 Å². The number of aliphatic imine (C=N–C) groups is 1. The highest BCUT2D eigenvalue weighted by Crippen LogP contribution is 2.48. The van der Waals surface area contributed by atoms with E-state index >= 15 is 0 Å². The van der Waals surface area contributed by atoms with Gasteiger partial charge >= 0.3 is 0 Å². The Labute approximate surface area is 152 Å². The van der Waals surface area contributed by atoms with Crippen molar-refractivity contribution in [2.75, 3.05) is 7.05 Å². The van der Waals surface area contributed by atoms with Gasteiger partial charge in [0.15, 0.2) is 0 Å². The zero-order valence-corrected chi connectivity index (χ0v) is 15.5. The summed E-state index contributed by atoms with van der Waals surface area (Å²) in [4.78, 5) is 13.6. The van der Waals surface area contributed by atoms with Gasteiger partial charge in [-0.1, -0.05) is 12.1 Å². The summed E-state index contributed by atoms with van der Waals surface area (Å²) in [5.74, 6) is 3.83. The molecule has 1 aliphatic carbocycles. The summed E-state index contributed by atoms with van der Waals surface area (Å²) in [6.07, 6.45) is 2.94. The van der Waals surface area contributed by atoms with Crippen molar-refractivity contribution in [2.24, 2.45) is 23.7 Å². The van der Waals surface area contributed by atoms with Crippen molar-refractivity contribution in [3.63, 3.8) is 0 Å². The number of nitrogens with zero attached hydrogens (tertiary/aromatic N) is 6. The topological polar surface area (TPSA) is 86.9 Å². The third-order valence-electron chi connectivity index (χ3n) is 5.00. The summed E-state index contributed by atoms with van der Waals surface area (Å²) in [5, 5.41) is 4.34. The highest BCUT2D eigenvalue weighted by Gasteiger charge is 2.44. The summed E-state index contributed by atoms with van der Waals surface area (Å²) >= 11 is 0. The molecule has 3 aromatic rings. The van der Waals surface area contributed by atoms with E-state index in [1.54, 1.807) is 4.68 Å². The lowest BCUT2D eigenvalue weighted by Crippen LogP contribution is -2.13. The van der Waals surface area contributed by atoms with Crippen molar-refractivity contribution in [1.82, 2.24) is 24.3 Å². The maximum absolute atomic E-state index is 6.25. The summed E-state index contributed by atoms with van der Waals surface area (Å²) in [7, 11) is 3.89. The number of hydrogen-bond acceptors (Lipinski definition) is 5. The average Bonchev–Trinajstić information content (AvgIpc) is 3.24. The smallest absolute Gasteiger partial charge is 0.148 e. The second-order valence-electron chi connectivity index (χ2n) is 6.80. The Bertz CT molecular complexity index is 1040. The Kier molecular flexibility index (Phi) is 3.86. The molecule has 7 heteroatoms. The zero-order chi connectivity index (χ0) is 18.4. The number of aryl methyl sites for hydroxylation is 3. The fourth-order valence-electron chi connectivity index (χ4n) is 3.62. The van der Waals surface area contributed by atoms with Crippen LogP contribution < -0.4 is 5.73 Å². The van der Waals surface area contributed by atoms with Crippen molar-refractivity contribution in [3.8, 4) is 0 Å². The molecule has 0 unspecified atom stereocenters. The van der Waals surface area contributed by atoms with Crippen LogP contribution in [0.1, 0.15) is 29.8 Å². The Hall–Kier alpha value is -2.96. The molecule has 0 amide bonds. The summed E-state index contributed by atoms with van der Waals surface area (Å²) in [6.45, 7) is 3.75. The number of allylic oxidation sites excluding steroid dienone is 1. The fourth-order valence-corrected chi connectivity index (χ4v) is 3.62. The van der Waals surface area contributed by atoms with Gasteiger partial charge in [-0.3, -0.25) is 4.99 Å². The lowest BCUT2D eigenvalue weighted by Gasteiger charge is -2.06. The van der Waals surface area contributed by atoms with E-state index in [9.17, 15) is 0 Å². The Morgan fingerprint density at radius 1 is 1.27 bits per heavy atom. The number of imidazole rings is 1. The molecule has 0 saturated heterocycles. The maximum atomic E-state index is 6.25. The summed E-state index contributed by atoms with van der Waals surface area (Å²) in [6, 6.07) is 8.22. The number of nitrogens with two attached hydrogens (primary N) is 1. The third kappa shape index (κ3) is 2.69. The van der Waals surface area contributed by atoms with Gasteiger partial charge in [0.2, 0.25) is 0 Å². The molecule has 4 rings (SSSR count). The van der Waals surface area contributed by atoms with Crippen LogP contribution in [-0.4, -0.2) is 37.1 Å².